The van der Waals surface area contributed by atoms with Crippen molar-refractivity contribution in [3.63, 3.8) is 0 Å². The van der Waals surface area contributed by atoms with Crippen LogP contribution in [0.5, 0.6) is 0 Å². The van der Waals surface area contributed by atoms with Gasteiger partial charge in [0.15, 0.2) is 0 Å². The molecule has 9 heteroatoms. The summed E-state index contributed by atoms with van der Waals surface area (Å²) in [6.07, 6.45) is 1.55. The number of benzene rings is 3. The number of aryl methyl sites for hydroxylation is 1. The Morgan fingerprint density at radius 3 is 2.47 bits per heavy atom. The van der Waals surface area contributed by atoms with Crippen LogP contribution in [-0.4, -0.2) is 38.8 Å². The van der Waals surface area contributed by atoms with Crippen molar-refractivity contribution in [1.82, 2.24) is 4.90 Å². The molecule has 0 spiro atoms. The highest BCUT2D eigenvalue weighted by atomic mass is 32.2. The van der Waals surface area contributed by atoms with Crippen LogP contribution in [0.15, 0.2) is 77.7 Å². The van der Waals surface area contributed by atoms with Crippen LogP contribution in [0.3, 0.4) is 0 Å². The van der Waals surface area contributed by atoms with Crippen molar-refractivity contribution >= 4 is 33.3 Å². The lowest BCUT2D eigenvalue weighted by molar-refractivity contribution is 0.213. The number of sulfonamides is 1. The molecule has 34 heavy (non-hydrogen) atoms. The molecule has 3 aromatic rings. The summed E-state index contributed by atoms with van der Waals surface area (Å²) >= 11 is 0. The van der Waals surface area contributed by atoms with Gasteiger partial charge in [-0.25, -0.2) is 13.2 Å². The normalized spacial score (nSPS) is 13.1. The zero-order valence-corrected chi connectivity index (χ0v) is 19.7. The van der Waals surface area contributed by atoms with E-state index in [1.165, 1.54) is 0 Å². The van der Waals surface area contributed by atoms with Crippen molar-refractivity contribution in [2.45, 2.75) is 24.3 Å². The quantitative estimate of drug-likeness (QED) is 0.370. The minimum absolute atomic E-state index is 0.00586. The number of amidine groups is 1. The maximum absolute atomic E-state index is 13.2. The van der Waals surface area contributed by atoms with Crippen LogP contribution in [-0.2, 0) is 23.0 Å². The van der Waals surface area contributed by atoms with Gasteiger partial charge in [-0.15, -0.1) is 0 Å². The molecule has 0 atom stereocenters. The third kappa shape index (κ3) is 5.04. The number of nitrogens with one attached hydrogen (secondary N) is 2. The first-order valence-electron chi connectivity index (χ1n) is 10.9. The predicted octanol–water partition coefficient (Wildman–Crippen LogP) is 3.78. The Hall–Kier alpha value is -3.85. The molecular weight excluding hydrogens is 450 g/mol. The third-order valence-electron chi connectivity index (χ3n) is 5.75. The molecule has 2 amide bonds. The molecule has 4 rings (SSSR count). The van der Waals surface area contributed by atoms with E-state index in [1.807, 2.05) is 12.1 Å². The Morgan fingerprint density at radius 1 is 1.09 bits per heavy atom. The third-order valence-corrected chi connectivity index (χ3v) is 7.14. The molecule has 0 unspecified atom stereocenters. The van der Waals surface area contributed by atoms with Crippen LogP contribution in [0, 0.1) is 5.41 Å². The fourth-order valence-corrected chi connectivity index (χ4v) is 5.08. The van der Waals surface area contributed by atoms with Gasteiger partial charge >= 0.3 is 6.03 Å². The number of fused-ring (bicyclic) bond motifs is 1. The summed E-state index contributed by atoms with van der Waals surface area (Å²) in [7, 11) is -1.94. The van der Waals surface area contributed by atoms with Crippen LogP contribution in [0.4, 0.5) is 16.2 Å². The summed E-state index contributed by atoms with van der Waals surface area (Å²) in [5, 5.41) is 7.49. The fourth-order valence-electron chi connectivity index (χ4n) is 4.01. The first-order valence-corrected chi connectivity index (χ1v) is 12.4. The second kappa shape index (κ2) is 9.56. The first kappa shape index (κ1) is 23.3. The average molecular weight is 478 g/mol. The van der Waals surface area contributed by atoms with Crippen molar-refractivity contribution in [3.05, 3.63) is 89.5 Å². The molecule has 0 aliphatic carbocycles. The molecular formula is C25H27N5O3S. The highest BCUT2D eigenvalue weighted by molar-refractivity contribution is 7.92. The number of amides is 2. The molecule has 1 aliphatic heterocycles. The zero-order valence-electron chi connectivity index (χ0n) is 18.9. The molecule has 0 fully saturated rings. The number of nitrogen functional groups attached to an aromatic ring is 1. The molecule has 0 saturated carbocycles. The summed E-state index contributed by atoms with van der Waals surface area (Å²) in [5.41, 5.74) is 9.26. The summed E-state index contributed by atoms with van der Waals surface area (Å²) < 4.78 is 28.0. The largest absolute Gasteiger partial charge is 0.384 e. The molecule has 3 aromatic carbocycles. The second-order valence-corrected chi connectivity index (χ2v) is 9.95. The Balaban J connectivity index is 1.49. The SMILES string of the molecule is CN(Cc1ccc(C(=N)N)cc1)C(=O)N1CCCc2cc(NS(=O)(=O)c3ccccc3)ccc21. The van der Waals surface area contributed by atoms with Gasteiger partial charge in [0.2, 0.25) is 0 Å². The highest BCUT2D eigenvalue weighted by Gasteiger charge is 2.26. The molecule has 1 aliphatic rings. The fraction of sp³-hybridized carbons (Fsp3) is 0.200. The number of hydrogen-bond donors (Lipinski definition) is 3. The lowest BCUT2D eigenvalue weighted by Gasteiger charge is -2.33. The summed E-state index contributed by atoms with van der Waals surface area (Å²) in [6.45, 7) is 1.01. The van der Waals surface area contributed by atoms with E-state index in [1.54, 1.807) is 77.5 Å². The number of hydrogen-bond acceptors (Lipinski definition) is 4. The van der Waals surface area contributed by atoms with E-state index in [0.29, 0.717) is 24.3 Å². The number of carbonyl (C=O) groups is 1. The van der Waals surface area contributed by atoms with Crippen LogP contribution in [0.2, 0.25) is 0 Å². The number of anilines is 2. The van der Waals surface area contributed by atoms with Gasteiger partial charge in [-0.2, -0.15) is 0 Å². The number of carbonyl (C=O) groups excluding carboxylic acids is 1. The van der Waals surface area contributed by atoms with Gasteiger partial charge in [-0.1, -0.05) is 42.5 Å². The molecule has 0 aromatic heterocycles. The van der Waals surface area contributed by atoms with E-state index in [0.717, 1.165) is 29.7 Å². The number of nitrogens with zero attached hydrogens (tertiary/aromatic N) is 2. The van der Waals surface area contributed by atoms with Gasteiger partial charge in [-0.3, -0.25) is 15.0 Å². The number of urea groups is 1. The first-order chi connectivity index (χ1) is 16.2. The average Bonchev–Trinajstić information content (AvgIpc) is 2.83. The molecule has 0 bridgehead atoms. The summed E-state index contributed by atoms with van der Waals surface area (Å²) in [4.78, 5) is 16.8. The number of rotatable bonds is 6. The van der Waals surface area contributed by atoms with Gasteiger partial charge < -0.3 is 10.6 Å². The molecule has 0 radical (unpaired) electrons. The Bertz CT molecular complexity index is 1310. The molecule has 8 nitrogen and oxygen atoms in total. The van der Waals surface area contributed by atoms with E-state index in [9.17, 15) is 13.2 Å². The van der Waals surface area contributed by atoms with Crippen LogP contribution >= 0.6 is 0 Å². The topological polar surface area (TPSA) is 120 Å². The molecule has 0 saturated heterocycles. The Kier molecular flexibility index (Phi) is 6.56. The van der Waals surface area contributed by atoms with Gasteiger partial charge in [0.1, 0.15) is 5.84 Å². The summed E-state index contributed by atoms with van der Waals surface area (Å²) in [6, 6.07) is 20.6. The highest BCUT2D eigenvalue weighted by Crippen LogP contribution is 2.31. The van der Waals surface area contributed by atoms with Crippen LogP contribution < -0.4 is 15.4 Å². The Labute approximate surface area is 199 Å². The predicted molar refractivity (Wildman–Crippen MR) is 134 cm³/mol. The van der Waals surface area contributed by atoms with Crippen LogP contribution in [0.25, 0.3) is 0 Å². The van der Waals surface area contributed by atoms with Gasteiger partial charge in [0, 0.05) is 37.1 Å². The number of nitrogens with two attached hydrogens (primary N) is 1. The van der Waals surface area contributed by atoms with Crippen molar-refractivity contribution < 1.29 is 13.2 Å². The Morgan fingerprint density at radius 2 is 1.79 bits per heavy atom. The van der Waals surface area contributed by atoms with Crippen molar-refractivity contribution in [3.8, 4) is 0 Å². The smallest absolute Gasteiger partial charge is 0.324 e. The van der Waals surface area contributed by atoms with Crippen molar-refractivity contribution in [2.24, 2.45) is 5.73 Å². The monoisotopic (exact) mass is 477 g/mol. The molecule has 4 N–H and O–H groups in total. The minimum atomic E-state index is -3.69. The van der Waals surface area contributed by atoms with E-state index in [-0.39, 0.29) is 16.8 Å². The maximum Gasteiger partial charge on any atom is 0.324 e. The summed E-state index contributed by atoms with van der Waals surface area (Å²) in [5.74, 6) is 0.00586. The maximum atomic E-state index is 13.2. The van der Waals surface area contributed by atoms with Gasteiger partial charge in [-0.05, 0) is 54.3 Å². The lowest BCUT2D eigenvalue weighted by Crippen LogP contribution is -2.43. The minimum Gasteiger partial charge on any atom is -0.384 e. The standard InChI is InChI=1S/C25H27N5O3S/c1-29(17-18-9-11-19(12-10-18)24(26)27)25(31)30-15-5-6-20-16-21(13-14-23(20)30)28-34(32,33)22-7-3-2-4-8-22/h2-4,7-14,16,28H,5-6,15,17H2,1H3,(H3,26,27). The van der Waals surface area contributed by atoms with Gasteiger partial charge in [0.25, 0.3) is 10.0 Å². The van der Waals surface area contributed by atoms with Crippen molar-refractivity contribution in [1.29, 1.82) is 5.41 Å². The van der Waals surface area contributed by atoms with E-state index < -0.39 is 10.0 Å². The molecule has 1 heterocycles. The van der Waals surface area contributed by atoms with E-state index >= 15 is 0 Å². The van der Waals surface area contributed by atoms with Gasteiger partial charge in [0.05, 0.1) is 4.90 Å². The van der Waals surface area contributed by atoms with E-state index in [2.05, 4.69) is 4.72 Å². The van der Waals surface area contributed by atoms with Crippen LogP contribution in [0.1, 0.15) is 23.1 Å². The van der Waals surface area contributed by atoms with E-state index in [4.69, 9.17) is 11.1 Å². The zero-order chi connectivity index (χ0) is 24.3. The van der Waals surface area contributed by atoms with Crippen molar-refractivity contribution in [2.75, 3.05) is 23.2 Å². The lowest BCUT2D eigenvalue weighted by atomic mass is 10.0. The molecule has 176 valence electrons. The second-order valence-electron chi connectivity index (χ2n) is 8.27.